The monoisotopic (exact) mass is 320 g/mol. The molecule has 0 aliphatic carbocycles. The Morgan fingerprint density at radius 2 is 2.11 bits per heavy atom. The van der Waals surface area contributed by atoms with Gasteiger partial charge in [-0.3, -0.25) is 4.79 Å². The van der Waals surface area contributed by atoms with Crippen LogP contribution in [0.4, 0.5) is 0 Å². The maximum atomic E-state index is 11.6. The molecule has 0 unspecified atom stereocenters. The highest BCUT2D eigenvalue weighted by Gasteiger charge is 2.07. The zero-order valence-electron chi connectivity index (χ0n) is 10.6. The Bertz CT molecular complexity index is 632. The van der Waals surface area contributed by atoms with E-state index in [2.05, 4.69) is 26.5 Å². The first-order valence-electron chi connectivity index (χ1n) is 5.72. The van der Waals surface area contributed by atoms with E-state index in [9.17, 15) is 4.79 Å². The summed E-state index contributed by atoms with van der Waals surface area (Å²) in [5.41, 5.74) is 4.46. The number of nitrogens with one attached hydrogen (secondary N) is 1. The van der Waals surface area contributed by atoms with Gasteiger partial charge in [0.25, 0.3) is 0 Å². The first-order chi connectivity index (χ1) is 9.06. The van der Waals surface area contributed by atoms with E-state index >= 15 is 0 Å². The van der Waals surface area contributed by atoms with Crippen LogP contribution in [-0.4, -0.2) is 12.1 Å². The number of carbonyl (C=O) groups excluding carboxylic acids is 1. The SMILES string of the molecule is Cc1ccc(C(=O)N/N=C\c2ccc(C)c(Br)c2)o1. The number of hydrogen-bond donors (Lipinski definition) is 1. The fourth-order valence-corrected chi connectivity index (χ4v) is 1.86. The summed E-state index contributed by atoms with van der Waals surface area (Å²) in [5.74, 6) is 0.576. The van der Waals surface area contributed by atoms with E-state index in [4.69, 9.17) is 4.42 Å². The zero-order valence-corrected chi connectivity index (χ0v) is 12.2. The molecule has 4 nitrogen and oxygen atoms in total. The van der Waals surface area contributed by atoms with Gasteiger partial charge in [0.2, 0.25) is 0 Å². The van der Waals surface area contributed by atoms with Gasteiger partial charge in [0.1, 0.15) is 5.76 Å². The van der Waals surface area contributed by atoms with Crippen molar-refractivity contribution in [2.45, 2.75) is 13.8 Å². The average Bonchev–Trinajstić information content (AvgIpc) is 2.80. The number of benzene rings is 1. The van der Waals surface area contributed by atoms with E-state index in [0.717, 1.165) is 15.6 Å². The van der Waals surface area contributed by atoms with E-state index < -0.39 is 0 Å². The molecule has 1 aromatic carbocycles. The van der Waals surface area contributed by atoms with Gasteiger partial charge in [-0.2, -0.15) is 5.10 Å². The Morgan fingerprint density at radius 1 is 1.32 bits per heavy atom. The van der Waals surface area contributed by atoms with E-state index in [-0.39, 0.29) is 11.7 Å². The largest absolute Gasteiger partial charge is 0.456 e. The Morgan fingerprint density at radius 3 is 2.74 bits per heavy atom. The summed E-state index contributed by atoms with van der Waals surface area (Å²) < 4.78 is 6.19. The molecule has 1 N–H and O–H groups in total. The second-order valence-electron chi connectivity index (χ2n) is 4.12. The maximum Gasteiger partial charge on any atom is 0.307 e. The molecular formula is C14H13BrN2O2. The number of amides is 1. The minimum atomic E-state index is -0.365. The van der Waals surface area contributed by atoms with Gasteiger partial charge in [-0.15, -0.1) is 0 Å². The topological polar surface area (TPSA) is 54.6 Å². The number of halogens is 1. The first-order valence-corrected chi connectivity index (χ1v) is 6.51. The summed E-state index contributed by atoms with van der Waals surface area (Å²) in [7, 11) is 0. The van der Waals surface area contributed by atoms with Crippen molar-refractivity contribution in [3.63, 3.8) is 0 Å². The molecule has 0 aliphatic rings. The van der Waals surface area contributed by atoms with Gasteiger partial charge in [-0.1, -0.05) is 28.1 Å². The molecule has 0 atom stereocenters. The van der Waals surface area contributed by atoms with Crippen LogP contribution in [0.15, 0.2) is 44.3 Å². The van der Waals surface area contributed by atoms with Gasteiger partial charge in [0, 0.05) is 4.47 Å². The van der Waals surface area contributed by atoms with E-state index in [1.54, 1.807) is 25.3 Å². The molecule has 1 heterocycles. The van der Waals surface area contributed by atoms with Crippen LogP contribution in [0.2, 0.25) is 0 Å². The number of hydrazone groups is 1. The van der Waals surface area contributed by atoms with Crippen molar-refractivity contribution in [1.29, 1.82) is 0 Å². The minimum Gasteiger partial charge on any atom is -0.456 e. The summed E-state index contributed by atoms with van der Waals surface area (Å²) in [6.45, 7) is 3.79. The molecule has 1 aromatic heterocycles. The molecule has 1 amide bonds. The van der Waals surface area contributed by atoms with Crippen molar-refractivity contribution in [2.24, 2.45) is 5.10 Å². The van der Waals surface area contributed by atoms with Crippen LogP contribution in [0.1, 0.15) is 27.4 Å². The smallest absolute Gasteiger partial charge is 0.307 e. The van der Waals surface area contributed by atoms with Crippen molar-refractivity contribution in [3.8, 4) is 0 Å². The second kappa shape index (κ2) is 5.84. The van der Waals surface area contributed by atoms with Crippen molar-refractivity contribution in [3.05, 3.63) is 57.5 Å². The Labute approximate surface area is 119 Å². The summed E-state index contributed by atoms with van der Waals surface area (Å²) in [6, 6.07) is 9.18. The molecular weight excluding hydrogens is 308 g/mol. The van der Waals surface area contributed by atoms with Crippen molar-refractivity contribution >= 4 is 28.1 Å². The van der Waals surface area contributed by atoms with Gasteiger partial charge >= 0.3 is 5.91 Å². The van der Waals surface area contributed by atoms with Crippen LogP contribution in [0, 0.1) is 13.8 Å². The van der Waals surface area contributed by atoms with Crippen molar-refractivity contribution in [2.75, 3.05) is 0 Å². The number of rotatable bonds is 3. The van der Waals surface area contributed by atoms with Crippen molar-refractivity contribution in [1.82, 2.24) is 5.43 Å². The predicted octanol–water partition coefficient (Wildman–Crippen LogP) is 3.42. The van der Waals surface area contributed by atoms with Gasteiger partial charge in [-0.25, -0.2) is 5.43 Å². The number of carbonyl (C=O) groups is 1. The third-order valence-electron chi connectivity index (χ3n) is 2.54. The standard InChI is InChI=1S/C14H13BrN2O2/c1-9-3-5-11(7-12(9)15)8-16-17-14(18)13-6-4-10(2)19-13/h3-8H,1-2H3,(H,17,18)/b16-8-. The lowest BCUT2D eigenvalue weighted by Gasteiger charge is -1.99. The quantitative estimate of drug-likeness (QED) is 0.696. The predicted molar refractivity (Wildman–Crippen MR) is 77.4 cm³/mol. The lowest BCUT2D eigenvalue weighted by Crippen LogP contribution is -2.16. The molecule has 0 spiro atoms. The molecule has 0 fully saturated rings. The molecule has 0 saturated carbocycles. The highest BCUT2D eigenvalue weighted by atomic mass is 79.9. The Balaban J connectivity index is 2.00. The molecule has 5 heteroatoms. The normalized spacial score (nSPS) is 10.9. The minimum absolute atomic E-state index is 0.250. The van der Waals surface area contributed by atoms with Crippen LogP contribution in [0.25, 0.3) is 0 Å². The molecule has 98 valence electrons. The van der Waals surface area contributed by atoms with E-state index in [1.807, 2.05) is 25.1 Å². The summed E-state index contributed by atoms with van der Waals surface area (Å²) in [4.78, 5) is 11.6. The number of aryl methyl sites for hydroxylation is 2. The third-order valence-corrected chi connectivity index (χ3v) is 3.39. The lowest BCUT2D eigenvalue weighted by atomic mass is 10.2. The Kier molecular flexibility index (Phi) is 4.16. The number of hydrogen-bond acceptors (Lipinski definition) is 3. The average molecular weight is 321 g/mol. The molecule has 0 aliphatic heterocycles. The number of furan rings is 1. The molecule has 2 rings (SSSR count). The molecule has 0 saturated heterocycles. The highest BCUT2D eigenvalue weighted by Crippen LogP contribution is 2.16. The second-order valence-corrected chi connectivity index (χ2v) is 4.97. The lowest BCUT2D eigenvalue weighted by molar-refractivity contribution is 0.0926. The van der Waals surface area contributed by atoms with Crippen LogP contribution < -0.4 is 5.43 Å². The highest BCUT2D eigenvalue weighted by molar-refractivity contribution is 9.10. The molecule has 0 radical (unpaired) electrons. The first kappa shape index (κ1) is 13.5. The van der Waals surface area contributed by atoms with Crippen LogP contribution in [-0.2, 0) is 0 Å². The zero-order chi connectivity index (χ0) is 13.8. The fraction of sp³-hybridized carbons (Fsp3) is 0.143. The van der Waals surface area contributed by atoms with Crippen LogP contribution >= 0.6 is 15.9 Å². The van der Waals surface area contributed by atoms with E-state index in [0.29, 0.717) is 5.76 Å². The van der Waals surface area contributed by atoms with Crippen molar-refractivity contribution < 1.29 is 9.21 Å². The summed E-state index contributed by atoms with van der Waals surface area (Å²) in [6.07, 6.45) is 1.58. The van der Waals surface area contributed by atoms with Gasteiger partial charge in [0.05, 0.1) is 6.21 Å². The third kappa shape index (κ3) is 3.54. The summed E-state index contributed by atoms with van der Waals surface area (Å²) >= 11 is 3.44. The van der Waals surface area contributed by atoms with Gasteiger partial charge in [0.15, 0.2) is 5.76 Å². The summed E-state index contributed by atoms with van der Waals surface area (Å²) in [5, 5.41) is 3.89. The maximum absolute atomic E-state index is 11.6. The molecule has 19 heavy (non-hydrogen) atoms. The van der Waals surface area contributed by atoms with Crippen LogP contribution in [0.5, 0.6) is 0 Å². The molecule has 0 bridgehead atoms. The van der Waals surface area contributed by atoms with Gasteiger partial charge < -0.3 is 4.42 Å². The van der Waals surface area contributed by atoms with E-state index in [1.165, 1.54) is 0 Å². The Hall–Kier alpha value is -1.88. The van der Waals surface area contributed by atoms with Gasteiger partial charge in [-0.05, 0) is 43.2 Å². The fourth-order valence-electron chi connectivity index (χ4n) is 1.47. The van der Waals surface area contributed by atoms with Crippen LogP contribution in [0.3, 0.4) is 0 Å². The molecule has 2 aromatic rings. The number of nitrogens with zero attached hydrogens (tertiary/aromatic N) is 1.